The summed E-state index contributed by atoms with van der Waals surface area (Å²) in [5.74, 6) is 1.29. The molecule has 0 aliphatic heterocycles. The van der Waals surface area contributed by atoms with Crippen molar-refractivity contribution >= 4 is 11.3 Å². The second-order valence-electron chi connectivity index (χ2n) is 7.06. The van der Waals surface area contributed by atoms with Crippen LogP contribution in [0.2, 0.25) is 0 Å². The second-order valence-corrected chi connectivity index (χ2v) is 8.23. The van der Waals surface area contributed by atoms with E-state index in [4.69, 9.17) is 0 Å². The van der Waals surface area contributed by atoms with Crippen LogP contribution in [0.5, 0.6) is 0 Å². The lowest BCUT2D eigenvalue weighted by Crippen LogP contribution is -2.16. The maximum absolute atomic E-state index is 10.9. The van der Waals surface area contributed by atoms with Crippen LogP contribution < -0.4 is 0 Å². The molecule has 0 radical (unpaired) electrons. The van der Waals surface area contributed by atoms with Crippen molar-refractivity contribution in [2.45, 2.75) is 89.6 Å². The molecule has 1 heterocycles. The molecule has 2 aliphatic carbocycles. The summed E-state index contributed by atoms with van der Waals surface area (Å²) in [4.78, 5) is 3.02. The normalized spacial score (nSPS) is 23.3. The van der Waals surface area contributed by atoms with Crippen LogP contribution in [-0.4, -0.2) is 5.11 Å². The van der Waals surface area contributed by atoms with Gasteiger partial charge >= 0.3 is 0 Å². The zero-order valence-electron chi connectivity index (χ0n) is 13.4. The van der Waals surface area contributed by atoms with Gasteiger partial charge in [-0.25, -0.2) is 0 Å². The van der Waals surface area contributed by atoms with Crippen molar-refractivity contribution < 1.29 is 5.11 Å². The molecule has 1 nitrogen and oxygen atoms in total. The number of hydrogen-bond acceptors (Lipinski definition) is 2. The molecule has 1 aromatic heterocycles. The average Bonchev–Trinajstić information content (AvgIpc) is 3.00. The minimum Gasteiger partial charge on any atom is -0.388 e. The van der Waals surface area contributed by atoms with Gasteiger partial charge in [-0.15, -0.1) is 11.3 Å². The highest BCUT2D eigenvalue weighted by molar-refractivity contribution is 7.12. The van der Waals surface area contributed by atoms with Gasteiger partial charge in [0, 0.05) is 9.75 Å². The first-order valence-electron chi connectivity index (χ1n) is 9.10. The van der Waals surface area contributed by atoms with E-state index in [2.05, 4.69) is 13.0 Å². The SMILES string of the molecule is CCc1sc(C2CCCCC2)cc1C(O)C1CCCCC1. The highest BCUT2D eigenvalue weighted by Gasteiger charge is 2.27. The second kappa shape index (κ2) is 7.28. The van der Waals surface area contributed by atoms with E-state index in [1.165, 1.54) is 74.6 Å². The summed E-state index contributed by atoms with van der Waals surface area (Å²) in [7, 11) is 0. The summed E-state index contributed by atoms with van der Waals surface area (Å²) >= 11 is 2.00. The van der Waals surface area contributed by atoms with Crippen LogP contribution in [0.3, 0.4) is 0 Å². The fourth-order valence-electron chi connectivity index (χ4n) is 4.28. The Morgan fingerprint density at radius 1 is 1.05 bits per heavy atom. The monoisotopic (exact) mass is 306 g/mol. The molecular formula is C19H30OS. The highest BCUT2D eigenvalue weighted by Crippen LogP contribution is 2.42. The summed E-state index contributed by atoms with van der Waals surface area (Å²) < 4.78 is 0. The average molecular weight is 307 g/mol. The van der Waals surface area contributed by atoms with Crippen LogP contribution in [0.25, 0.3) is 0 Å². The van der Waals surface area contributed by atoms with E-state index < -0.39 is 0 Å². The maximum Gasteiger partial charge on any atom is 0.0829 e. The van der Waals surface area contributed by atoms with Crippen molar-refractivity contribution in [3.63, 3.8) is 0 Å². The molecule has 3 rings (SSSR count). The number of rotatable bonds is 4. The third kappa shape index (κ3) is 3.53. The summed E-state index contributed by atoms with van der Waals surface area (Å²) in [5, 5.41) is 10.9. The Hall–Kier alpha value is -0.340. The molecule has 2 aliphatic rings. The third-order valence-electron chi connectivity index (χ3n) is 5.60. The molecule has 1 N–H and O–H groups in total. The van der Waals surface area contributed by atoms with Gasteiger partial charge in [0.05, 0.1) is 6.10 Å². The van der Waals surface area contributed by atoms with Crippen molar-refractivity contribution in [2.24, 2.45) is 5.92 Å². The molecule has 0 aromatic carbocycles. The number of aliphatic hydroxyl groups excluding tert-OH is 1. The lowest BCUT2D eigenvalue weighted by Gasteiger charge is -2.27. The number of aryl methyl sites for hydroxylation is 1. The highest BCUT2D eigenvalue weighted by atomic mass is 32.1. The van der Waals surface area contributed by atoms with Gasteiger partial charge in [-0.3, -0.25) is 0 Å². The predicted molar refractivity (Wildman–Crippen MR) is 91.1 cm³/mol. The van der Waals surface area contributed by atoms with Gasteiger partial charge in [0.15, 0.2) is 0 Å². The molecule has 1 atom stereocenters. The van der Waals surface area contributed by atoms with E-state index in [1.807, 2.05) is 11.3 Å². The number of aliphatic hydroxyl groups is 1. The molecule has 0 bridgehead atoms. The van der Waals surface area contributed by atoms with Crippen LogP contribution in [0, 0.1) is 5.92 Å². The third-order valence-corrected chi connectivity index (χ3v) is 7.06. The number of hydrogen-bond donors (Lipinski definition) is 1. The zero-order valence-corrected chi connectivity index (χ0v) is 14.3. The Labute approximate surface area is 133 Å². The molecule has 1 unspecified atom stereocenters. The van der Waals surface area contributed by atoms with E-state index in [1.54, 1.807) is 4.88 Å². The summed E-state index contributed by atoms with van der Waals surface area (Å²) in [5.41, 5.74) is 1.29. The van der Waals surface area contributed by atoms with E-state index in [0.717, 1.165) is 12.3 Å². The van der Waals surface area contributed by atoms with Gasteiger partial charge in [0.2, 0.25) is 0 Å². The predicted octanol–water partition coefficient (Wildman–Crippen LogP) is 5.97. The van der Waals surface area contributed by atoms with Crippen molar-refractivity contribution in [2.75, 3.05) is 0 Å². The molecule has 2 saturated carbocycles. The number of thiophene rings is 1. The largest absolute Gasteiger partial charge is 0.388 e. The van der Waals surface area contributed by atoms with Crippen LogP contribution in [0.1, 0.15) is 98.5 Å². The van der Waals surface area contributed by atoms with Crippen molar-refractivity contribution in [3.05, 3.63) is 21.4 Å². The maximum atomic E-state index is 10.9. The molecule has 2 fully saturated rings. The summed E-state index contributed by atoms with van der Waals surface area (Å²) in [6, 6.07) is 2.39. The first-order chi connectivity index (χ1) is 10.3. The van der Waals surface area contributed by atoms with Crippen LogP contribution in [0.15, 0.2) is 6.07 Å². The first kappa shape index (κ1) is 15.6. The minimum atomic E-state index is -0.200. The Morgan fingerprint density at radius 3 is 2.29 bits per heavy atom. The van der Waals surface area contributed by atoms with E-state index in [9.17, 15) is 5.11 Å². The van der Waals surface area contributed by atoms with Gasteiger partial charge in [-0.2, -0.15) is 0 Å². The molecule has 1 aromatic rings. The Bertz CT molecular complexity index is 438. The smallest absolute Gasteiger partial charge is 0.0829 e. The van der Waals surface area contributed by atoms with Gasteiger partial charge in [0.1, 0.15) is 0 Å². The Balaban J connectivity index is 1.78. The Morgan fingerprint density at radius 2 is 1.67 bits per heavy atom. The van der Waals surface area contributed by atoms with Gasteiger partial charge in [0.25, 0.3) is 0 Å². The lowest BCUT2D eigenvalue weighted by molar-refractivity contribution is 0.0845. The van der Waals surface area contributed by atoms with Crippen LogP contribution in [-0.2, 0) is 6.42 Å². The van der Waals surface area contributed by atoms with Gasteiger partial charge in [-0.05, 0) is 55.6 Å². The molecule has 21 heavy (non-hydrogen) atoms. The van der Waals surface area contributed by atoms with Crippen LogP contribution >= 0.6 is 11.3 Å². The topological polar surface area (TPSA) is 20.2 Å². The quantitative estimate of drug-likeness (QED) is 0.726. The zero-order chi connectivity index (χ0) is 14.7. The fourth-order valence-corrected chi connectivity index (χ4v) is 5.60. The van der Waals surface area contributed by atoms with Crippen LogP contribution in [0.4, 0.5) is 0 Å². The molecule has 118 valence electrons. The van der Waals surface area contributed by atoms with Gasteiger partial charge < -0.3 is 5.11 Å². The van der Waals surface area contributed by atoms with Crippen molar-refractivity contribution in [1.29, 1.82) is 0 Å². The standard InChI is InChI=1S/C19H30OS/c1-2-17-16(19(20)15-11-7-4-8-12-15)13-18(21-17)14-9-5-3-6-10-14/h13-15,19-20H,2-12H2,1H3. The molecule has 2 heteroatoms. The van der Waals surface area contributed by atoms with E-state index in [-0.39, 0.29) is 6.10 Å². The minimum absolute atomic E-state index is 0.200. The summed E-state index contributed by atoms with van der Waals surface area (Å²) in [6.07, 6.45) is 14.2. The molecule has 0 amide bonds. The van der Waals surface area contributed by atoms with E-state index >= 15 is 0 Å². The fraction of sp³-hybridized carbons (Fsp3) is 0.789. The summed E-state index contributed by atoms with van der Waals surface area (Å²) in [6.45, 7) is 2.24. The van der Waals surface area contributed by atoms with Gasteiger partial charge in [-0.1, -0.05) is 45.4 Å². The van der Waals surface area contributed by atoms with Crippen molar-refractivity contribution in [3.8, 4) is 0 Å². The molecule has 0 saturated heterocycles. The van der Waals surface area contributed by atoms with Crippen molar-refractivity contribution in [1.82, 2.24) is 0 Å². The first-order valence-corrected chi connectivity index (χ1v) is 9.91. The lowest BCUT2D eigenvalue weighted by atomic mass is 9.82. The molecular weight excluding hydrogens is 276 g/mol. The van der Waals surface area contributed by atoms with E-state index in [0.29, 0.717) is 5.92 Å². The molecule has 0 spiro atoms. The Kier molecular flexibility index (Phi) is 5.39.